The molecule has 102 valence electrons. The zero-order chi connectivity index (χ0) is 13.4. The fourth-order valence-electron chi connectivity index (χ4n) is 1.89. The number of aliphatic hydroxyl groups is 1. The third kappa shape index (κ3) is 6.03. The van der Waals surface area contributed by atoms with Crippen LogP contribution in [0.3, 0.4) is 0 Å². The van der Waals surface area contributed by atoms with Gasteiger partial charge in [0.25, 0.3) is 0 Å². The fourth-order valence-corrected chi connectivity index (χ4v) is 1.89. The molecule has 17 heavy (non-hydrogen) atoms. The minimum Gasteiger partial charge on any atom is -0.396 e. The fraction of sp³-hybridized carbons (Fsp3) is 0.923. The van der Waals surface area contributed by atoms with E-state index in [1.54, 1.807) is 0 Å². The molecule has 0 radical (unpaired) electrons. The Morgan fingerprint density at radius 1 is 1.29 bits per heavy atom. The Kier molecular flexibility index (Phi) is 8.17. The quantitative estimate of drug-likeness (QED) is 0.675. The summed E-state index contributed by atoms with van der Waals surface area (Å²) in [5.74, 6) is 0.416. The molecule has 0 aromatic carbocycles. The minimum absolute atomic E-state index is 0.0619. The normalized spacial score (nSPS) is 15.1. The number of likely N-dealkylation sites (N-methyl/N-ethyl adjacent to an activating group) is 1. The van der Waals surface area contributed by atoms with Crippen LogP contribution in [0.4, 0.5) is 0 Å². The third-order valence-electron chi connectivity index (χ3n) is 3.06. The monoisotopic (exact) mass is 244 g/mol. The van der Waals surface area contributed by atoms with Gasteiger partial charge in [-0.05, 0) is 32.9 Å². The largest absolute Gasteiger partial charge is 0.396 e. The number of amides is 1. The maximum Gasteiger partial charge on any atom is 0.237 e. The number of hydrogen-bond donors (Lipinski definition) is 2. The molecule has 0 spiro atoms. The highest BCUT2D eigenvalue weighted by atomic mass is 16.3. The molecular weight excluding hydrogens is 216 g/mol. The number of rotatable bonds is 8. The zero-order valence-electron chi connectivity index (χ0n) is 11.9. The zero-order valence-corrected chi connectivity index (χ0v) is 11.9. The van der Waals surface area contributed by atoms with Crippen molar-refractivity contribution >= 4 is 5.91 Å². The number of carbonyl (C=O) groups is 1. The molecule has 2 atom stereocenters. The summed E-state index contributed by atoms with van der Waals surface area (Å²) in [6, 6.07) is -0.00764. The van der Waals surface area contributed by atoms with Crippen molar-refractivity contribution in [3.05, 3.63) is 0 Å². The van der Waals surface area contributed by atoms with Gasteiger partial charge in [0.1, 0.15) is 0 Å². The lowest BCUT2D eigenvalue weighted by molar-refractivity contribution is -0.127. The molecular formula is C13H28N2O2. The number of hydrogen-bond acceptors (Lipinski definition) is 3. The molecule has 0 saturated carbocycles. The Balaban J connectivity index is 4.44. The average molecular weight is 244 g/mol. The van der Waals surface area contributed by atoms with Crippen molar-refractivity contribution in [2.24, 2.45) is 5.92 Å². The Bertz CT molecular complexity index is 217. The van der Waals surface area contributed by atoms with E-state index < -0.39 is 0 Å². The standard InChI is InChI=1S/C13H28N2O2/c1-6-7-12(15(4)5)13(17)14-11(8-9-16)10(2)3/h10-12,16H,6-9H2,1-5H3,(H,14,17). The lowest BCUT2D eigenvalue weighted by Crippen LogP contribution is -2.49. The van der Waals surface area contributed by atoms with Gasteiger partial charge in [0, 0.05) is 12.6 Å². The topological polar surface area (TPSA) is 52.6 Å². The second-order valence-electron chi connectivity index (χ2n) is 5.14. The Morgan fingerprint density at radius 2 is 1.88 bits per heavy atom. The van der Waals surface area contributed by atoms with Gasteiger partial charge in [0.05, 0.1) is 6.04 Å². The van der Waals surface area contributed by atoms with Gasteiger partial charge in [-0.2, -0.15) is 0 Å². The summed E-state index contributed by atoms with van der Waals surface area (Å²) in [7, 11) is 3.85. The Morgan fingerprint density at radius 3 is 2.24 bits per heavy atom. The molecule has 0 aromatic heterocycles. The molecule has 0 aliphatic heterocycles. The Hall–Kier alpha value is -0.610. The number of nitrogens with zero attached hydrogens (tertiary/aromatic N) is 1. The van der Waals surface area contributed by atoms with Crippen molar-refractivity contribution in [3.8, 4) is 0 Å². The van der Waals surface area contributed by atoms with Crippen molar-refractivity contribution in [1.29, 1.82) is 0 Å². The molecule has 0 fully saturated rings. The lowest BCUT2D eigenvalue weighted by atomic mass is 10.00. The maximum absolute atomic E-state index is 12.1. The predicted octanol–water partition coefficient (Wildman–Crippen LogP) is 1.24. The van der Waals surface area contributed by atoms with Crippen molar-refractivity contribution in [1.82, 2.24) is 10.2 Å². The van der Waals surface area contributed by atoms with E-state index in [0.717, 1.165) is 12.8 Å². The van der Waals surface area contributed by atoms with Gasteiger partial charge in [0.2, 0.25) is 5.91 Å². The van der Waals surface area contributed by atoms with Crippen LogP contribution in [0.25, 0.3) is 0 Å². The van der Waals surface area contributed by atoms with Crippen molar-refractivity contribution < 1.29 is 9.90 Å². The summed E-state index contributed by atoms with van der Waals surface area (Å²) in [6.07, 6.45) is 2.47. The van der Waals surface area contributed by atoms with Crippen LogP contribution in [0, 0.1) is 5.92 Å². The molecule has 0 heterocycles. The van der Waals surface area contributed by atoms with Gasteiger partial charge in [0.15, 0.2) is 0 Å². The summed E-state index contributed by atoms with van der Waals surface area (Å²) in [5, 5.41) is 12.0. The van der Waals surface area contributed by atoms with Crippen molar-refractivity contribution in [2.45, 2.75) is 52.1 Å². The first-order valence-electron chi connectivity index (χ1n) is 6.51. The lowest BCUT2D eigenvalue weighted by Gasteiger charge is -2.28. The van der Waals surface area contributed by atoms with Crippen LogP contribution in [-0.2, 0) is 4.79 Å². The van der Waals surface area contributed by atoms with Gasteiger partial charge < -0.3 is 10.4 Å². The van der Waals surface area contributed by atoms with Crippen molar-refractivity contribution in [2.75, 3.05) is 20.7 Å². The first-order valence-corrected chi connectivity index (χ1v) is 6.51. The number of nitrogens with one attached hydrogen (secondary N) is 1. The Labute approximate surface area is 105 Å². The van der Waals surface area contributed by atoms with Crippen LogP contribution in [0.1, 0.15) is 40.0 Å². The van der Waals surface area contributed by atoms with Crippen molar-refractivity contribution in [3.63, 3.8) is 0 Å². The van der Waals surface area contributed by atoms with E-state index >= 15 is 0 Å². The molecule has 0 saturated heterocycles. The minimum atomic E-state index is -0.0695. The van der Waals surface area contributed by atoms with Gasteiger partial charge in [-0.15, -0.1) is 0 Å². The molecule has 0 aliphatic rings. The average Bonchev–Trinajstić information content (AvgIpc) is 2.24. The van der Waals surface area contributed by atoms with Crippen LogP contribution in [0.5, 0.6) is 0 Å². The third-order valence-corrected chi connectivity index (χ3v) is 3.06. The first-order chi connectivity index (χ1) is 7.93. The number of aliphatic hydroxyl groups excluding tert-OH is 1. The van der Waals surface area contributed by atoms with E-state index in [-0.39, 0.29) is 24.6 Å². The highest BCUT2D eigenvalue weighted by Crippen LogP contribution is 2.09. The molecule has 4 nitrogen and oxygen atoms in total. The molecule has 0 aromatic rings. The number of carbonyl (C=O) groups excluding carboxylic acids is 1. The van der Waals surface area contributed by atoms with Gasteiger partial charge in [-0.1, -0.05) is 27.2 Å². The van der Waals surface area contributed by atoms with E-state index in [1.165, 1.54) is 0 Å². The molecule has 2 unspecified atom stereocenters. The van der Waals surface area contributed by atoms with E-state index in [1.807, 2.05) is 19.0 Å². The van der Waals surface area contributed by atoms with E-state index in [0.29, 0.717) is 12.3 Å². The van der Waals surface area contributed by atoms with Gasteiger partial charge >= 0.3 is 0 Å². The summed E-state index contributed by atoms with van der Waals surface area (Å²) in [6.45, 7) is 6.32. The highest BCUT2D eigenvalue weighted by Gasteiger charge is 2.23. The second kappa shape index (κ2) is 8.48. The van der Waals surface area contributed by atoms with Crippen LogP contribution in [0.2, 0.25) is 0 Å². The molecule has 4 heteroatoms. The van der Waals surface area contributed by atoms with Crippen LogP contribution < -0.4 is 5.32 Å². The summed E-state index contributed by atoms with van der Waals surface area (Å²) >= 11 is 0. The molecule has 2 N–H and O–H groups in total. The van der Waals surface area contributed by atoms with E-state index in [9.17, 15) is 4.79 Å². The molecule has 0 aliphatic carbocycles. The predicted molar refractivity (Wildman–Crippen MR) is 70.9 cm³/mol. The first kappa shape index (κ1) is 16.4. The van der Waals surface area contributed by atoms with Crippen LogP contribution in [-0.4, -0.2) is 48.7 Å². The van der Waals surface area contributed by atoms with Crippen LogP contribution >= 0.6 is 0 Å². The summed E-state index contributed by atoms with van der Waals surface area (Å²) < 4.78 is 0. The molecule has 0 bridgehead atoms. The van der Waals surface area contributed by atoms with Gasteiger partial charge in [-0.3, -0.25) is 9.69 Å². The molecule has 0 rings (SSSR count). The molecule has 1 amide bonds. The maximum atomic E-state index is 12.1. The summed E-state index contributed by atoms with van der Waals surface area (Å²) in [5.41, 5.74) is 0. The highest BCUT2D eigenvalue weighted by molar-refractivity contribution is 5.81. The van der Waals surface area contributed by atoms with Crippen LogP contribution in [0.15, 0.2) is 0 Å². The SMILES string of the molecule is CCCC(C(=O)NC(CCO)C(C)C)N(C)C. The smallest absolute Gasteiger partial charge is 0.237 e. The van der Waals surface area contributed by atoms with E-state index in [4.69, 9.17) is 5.11 Å². The van der Waals surface area contributed by atoms with Gasteiger partial charge in [-0.25, -0.2) is 0 Å². The summed E-state index contributed by atoms with van der Waals surface area (Å²) in [4.78, 5) is 14.1. The second-order valence-corrected chi connectivity index (χ2v) is 5.14. The van der Waals surface area contributed by atoms with E-state index in [2.05, 4.69) is 26.1 Å².